The van der Waals surface area contributed by atoms with Gasteiger partial charge in [0, 0.05) is 16.3 Å². The number of imide groups is 1. The first-order chi connectivity index (χ1) is 10.9. The molecule has 0 aromatic heterocycles. The van der Waals surface area contributed by atoms with Gasteiger partial charge in [0.05, 0.1) is 17.5 Å². The molecule has 3 nitrogen and oxygen atoms in total. The second-order valence-corrected chi connectivity index (χ2v) is 7.74. The van der Waals surface area contributed by atoms with Gasteiger partial charge in [-0.1, -0.05) is 45.3 Å². The normalized spacial score (nSPS) is 31.3. The SMILES string of the molecule is CC(C)=C1[C@H]2C=C[C@@H]1[C@@H]1C(=O)N(c3ccc(C)c(Br)c3)C(=O)[C@H]12. The quantitative estimate of drug-likeness (QED) is 0.552. The summed E-state index contributed by atoms with van der Waals surface area (Å²) < 4.78 is 0.916. The van der Waals surface area contributed by atoms with Gasteiger partial charge in [-0.25, -0.2) is 4.90 Å². The van der Waals surface area contributed by atoms with Crippen LogP contribution < -0.4 is 4.90 Å². The molecule has 0 N–H and O–H groups in total. The number of benzene rings is 1. The van der Waals surface area contributed by atoms with Crippen molar-refractivity contribution in [3.05, 3.63) is 51.5 Å². The van der Waals surface area contributed by atoms with Crippen molar-refractivity contribution in [3.8, 4) is 0 Å². The molecule has 1 aliphatic heterocycles. The lowest BCUT2D eigenvalue weighted by Crippen LogP contribution is -2.33. The molecular formula is C19H18BrNO2. The molecule has 2 bridgehead atoms. The van der Waals surface area contributed by atoms with Gasteiger partial charge in [-0.05, 0) is 38.5 Å². The van der Waals surface area contributed by atoms with Crippen molar-refractivity contribution in [2.75, 3.05) is 4.90 Å². The van der Waals surface area contributed by atoms with E-state index in [9.17, 15) is 9.59 Å². The Balaban J connectivity index is 1.77. The summed E-state index contributed by atoms with van der Waals surface area (Å²) >= 11 is 3.49. The molecule has 0 spiro atoms. The maximum Gasteiger partial charge on any atom is 0.238 e. The first-order valence-electron chi connectivity index (χ1n) is 7.91. The van der Waals surface area contributed by atoms with E-state index in [2.05, 4.69) is 41.9 Å². The van der Waals surface area contributed by atoms with Crippen LogP contribution in [0.15, 0.2) is 46.0 Å². The smallest absolute Gasteiger partial charge is 0.238 e. The molecule has 4 atom stereocenters. The number of anilines is 1. The molecule has 1 saturated carbocycles. The monoisotopic (exact) mass is 371 g/mol. The highest BCUT2D eigenvalue weighted by Crippen LogP contribution is 2.57. The minimum Gasteiger partial charge on any atom is -0.274 e. The highest BCUT2D eigenvalue weighted by atomic mass is 79.9. The van der Waals surface area contributed by atoms with E-state index in [1.54, 1.807) is 0 Å². The van der Waals surface area contributed by atoms with E-state index in [4.69, 9.17) is 0 Å². The van der Waals surface area contributed by atoms with Crippen molar-refractivity contribution >= 4 is 33.4 Å². The zero-order valence-corrected chi connectivity index (χ0v) is 14.9. The van der Waals surface area contributed by atoms with E-state index in [1.807, 2.05) is 25.1 Å². The van der Waals surface area contributed by atoms with Gasteiger partial charge < -0.3 is 0 Å². The van der Waals surface area contributed by atoms with Crippen LogP contribution in [-0.4, -0.2) is 11.8 Å². The molecule has 1 heterocycles. The second-order valence-electron chi connectivity index (χ2n) is 6.89. The standard InChI is InChI=1S/C19H18BrNO2/c1-9(2)15-12-6-7-13(15)17-16(12)18(22)21(19(17)23)11-5-4-10(3)14(20)8-11/h4-8,12-13,16-17H,1-3H3/t12-,13+,16-,17-/m0/s1. The molecule has 23 heavy (non-hydrogen) atoms. The van der Waals surface area contributed by atoms with Gasteiger partial charge in [-0.2, -0.15) is 0 Å². The average molecular weight is 372 g/mol. The van der Waals surface area contributed by atoms with E-state index >= 15 is 0 Å². The molecule has 4 rings (SSSR count). The van der Waals surface area contributed by atoms with Gasteiger partial charge in [0.1, 0.15) is 0 Å². The van der Waals surface area contributed by atoms with Crippen molar-refractivity contribution < 1.29 is 9.59 Å². The molecule has 4 heteroatoms. The Hall–Kier alpha value is -1.68. The number of rotatable bonds is 1. The zero-order valence-electron chi connectivity index (χ0n) is 13.3. The van der Waals surface area contributed by atoms with Crippen LogP contribution in [0.5, 0.6) is 0 Å². The Morgan fingerprint density at radius 2 is 1.61 bits per heavy atom. The lowest BCUT2D eigenvalue weighted by molar-refractivity contribution is -0.122. The Kier molecular flexibility index (Phi) is 3.17. The number of hydrogen-bond donors (Lipinski definition) is 0. The number of amides is 2. The summed E-state index contributed by atoms with van der Waals surface area (Å²) in [4.78, 5) is 27.4. The maximum absolute atomic E-state index is 13.0. The van der Waals surface area contributed by atoms with Gasteiger partial charge in [0.15, 0.2) is 0 Å². The van der Waals surface area contributed by atoms with Crippen LogP contribution in [0.3, 0.4) is 0 Å². The van der Waals surface area contributed by atoms with Gasteiger partial charge >= 0.3 is 0 Å². The molecule has 1 saturated heterocycles. The third-order valence-electron chi connectivity index (χ3n) is 5.41. The Morgan fingerprint density at radius 3 is 2.09 bits per heavy atom. The molecule has 2 amide bonds. The summed E-state index contributed by atoms with van der Waals surface area (Å²) in [6, 6.07) is 5.65. The number of hydrogen-bond acceptors (Lipinski definition) is 2. The molecule has 3 aliphatic rings. The fourth-order valence-corrected chi connectivity index (χ4v) is 4.77. The van der Waals surface area contributed by atoms with Crippen LogP contribution in [0, 0.1) is 30.6 Å². The highest BCUT2D eigenvalue weighted by Gasteiger charge is 2.61. The number of halogens is 1. The predicted molar refractivity (Wildman–Crippen MR) is 92.8 cm³/mol. The molecule has 1 aromatic carbocycles. The maximum atomic E-state index is 13.0. The van der Waals surface area contributed by atoms with Crippen molar-refractivity contribution in [2.45, 2.75) is 20.8 Å². The van der Waals surface area contributed by atoms with Gasteiger partial charge in [0.2, 0.25) is 11.8 Å². The van der Waals surface area contributed by atoms with Crippen LogP contribution in [0.2, 0.25) is 0 Å². The summed E-state index contributed by atoms with van der Waals surface area (Å²) in [7, 11) is 0. The van der Waals surface area contributed by atoms with Crippen LogP contribution >= 0.6 is 15.9 Å². The van der Waals surface area contributed by atoms with Crippen molar-refractivity contribution in [1.29, 1.82) is 0 Å². The molecule has 2 fully saturated rings. The van der Waals surface area contributed by atoms with Gasteiger partial charge in [-0.3, -0.25) is 9.59 Å². The number of carbonyl (C=O) groups is 2. The minimum atomic E-state index is -0.220. The highest BCUT2D eigenvalue weighted by molar-refractivity contribution is 9.10. The van der Waals surface area contributed by atoms with Gasteiger partial charge in [-0.15, -0.1) is 0 Å². The first-order valence-corrected chi connectivity index (χ1v) is 8.70. The van der Waals surface area contributed by atoms with Crippen molar-refractivity contribution in [2.24, 2.45) is 23.7 Å². The van der Waals surface area contributed by atoms with E-state index in [-0.39, 0.29) is 35.5 Å². The number of nitrogens with zero attached hydrogens (tertiary/aromatic N) is 1. The Labute approximate surface area is 144 Å². The zero-order chi connectivity index (χ0) is 16.5. The topological polar surface area (TPSA) is 37.4 Å². The number of fused-ring (bicyclic) bond motifs is 5. The predicted octanol–water partition coefficient (Wildman–Crippen LogP) is 4.02. The molecule has 2 aliphatic carbocycles. The summed E-state index contributed by atoms with van der Waals surface area (Å²) in [6.45, 7) is 6.14. The molecular weight excluding hydrogens is 354 g/mol. The van der Waals surface area contributed by atoms with Gasteiger partial charge in [0.25, 0.3) is 0 Å². The fraction of sp³-hybridized carbons (Fsp3) is 0.368. The summed E-state index contributed by atoms with van der Waals surface area (Å²) in [6.07, 6.45) is 4.24. The molecule has 1 aromatic rings. The molecule has 118 valence electrons. The summed E-state index contributed by atoms with van der Waals surface area (Å²) in [5, 5.41) is 0. The minimum absolute atomic E-state index is 0.0497. The van der Waals surface area contributed by atoms with Crippen LogP contribution in [-0.2, 0) is 9.59 Å². The van der Waals surface area contributed by atoms with Crippen LogP contribution in [0.25, 0.3) is 0 Å². The number of aryl methyl sites for hydroxylation is 1. The van der Waals surface area contributed by atoms with E-state index in [1.165, 1.54) is 16.0 Å². The lowest BCUT2D eigenvalue weighted by Gasteiger charge is -2.19. The van der Waals surface area contributed by atoms with Crippen molar-refractivity contribution in [1.82, 2.24) is 0 Å². The van der Waals surface area contributed by atoms with E-state index in [0.29, 0.717) is 5.69 Å². The molecule has 0 radical (unpaired) electrons. The largest absolute Gasteiger partial charge is 0.274 e. The fourth-order valence-electron chi connectivity index (χ4n) is 4.41. The third-order valence-corrected chi connectivity index (χ3v) is 6.26. The number of allylic oxidation sites excluding steroid dienone is 4. The van der Waals surface area contributed by atoms with E-state index in [0.717, 1.165) is 10.0 Å². The Bertz CT molecular complexity index is 770. The second kappa shape index (κ2) is 4.91. The average Bonchev–Trinajstić information content (AvgIpc) is 3.13. The lowest BCUT2D eigenvalue weighted by atomic mass is 9.85. The van der Waals surface area contributed by atoms with Crippen molar-refractivity contribution in [3.63, 3.8) is 0 Å². The number of carbonyl (C=O) groups excluding carboxylic acids is 2. The summed E-state index contributed by atoms with van der Waals surface area (Å²) in [5.74, 6) is -0.335. The third kappa shape index (κ3) is 1.87. The Morgan fingerprint density at radius 1 is 1.04 bits per heavy atom. The molecule has 0 unspecified atom stereocenters. The van der Waals surface area contributed by atoms with E-state index < -0.39 is 0 Å². The van der Waals surface area contributed by atoms with Crippen LogP contribution in [0.4, 0.5) is 5.69 Å². The van der Waals surface area contributed by atoms with Crippen LogP contribution in [0.1, 0.15) is 19.4 Å². The summed E-state index contributed by atoms with van der Waals surface area (Å²) in [5.41, 5.74) is 4.28. The first kappa shape index (κ1) is 14.9.